The van der Waals surface area contributed by atoms with Gasteiger partial charge in [0.25, 0.3) is 0 Å². The minimum atomic E-state index is -0.0370. The maximum absolute atomic E-state index is 9.62. The van der Waals surface area contributed by atoms with Gasteiger partial charge in [-0.05, 0) is 50.1 Å². The Labute approximate surface area is 113 Å². The van der Waals surface area contributed by atoms with Gasteiger partial charge in [-0.1, -0.05) is 12.5 Å². The molecule has 1 aromatic heterocycles. The minimum absolute atomic E-state index is 0.0370. The molecule has 1 heterocycles. The zero-order valence-electron chi connectivity index (χ0n) is 10.9. The van der Waals surface area contributed by atoms with E-state index in [-0.39, 0.29) is 12.1 Å². The Hall–Kier alpha value is -0.580. The number of nitrogens with zero attached hydrogens (tertiary/aromatic N) is 1. The Morgan fingerprint density at radius 2 is 2.44 bits per heavy atom. The summed E-state index contributed by atoms with van der Waals surface area (Å²) in [5.41, 5.74) is -0.0370. The monoisotopic (exact) mass is 266 g/mol. The van der Waals surface area contributed by atoms with E-state index in [9.17, 15) is 5.11 Å². The Kier molecular flexibility index (Phi) is 5.03. The molecule has 2 unspecified atom stereocenters. The number of pyridine rings is 1. The summed E-state index contributed by atoms with van der Waals surface area (Å²) in [5.74, 6) is 1.66. The highest BCUT2D eigenvalue weighted by Gasteiger charge is 2.40. The summed E-state index contributed by atoms with van der Waals surface area (Å²) in [6.07, 6.45) is 6.52. The number of aliphatic hydroxyl groups is 1. The lowest BCUT2D eigenvalue weighted by molar-refractivity contribution is 0.130. The van der Waals surface area contributed by atoms with Gasteiger partial charge in [-0.3, -0.25) is 0 Å². The van der Waals surface area contributed by atoms with E-state index in [2.05, 4.69) is 16.4 Å². The van der Waals surface area contributed by atoms with Crippen LogP contribution in [0.5, 0.6) is 0 Å². The molecule has 0 amide bonds. The van der Waals surface area contributed by atoms with Gasteiger partial charge in [0.05, 0.1) is 11.6 Å². The van der Waals surface area contributed by atoms with Gasteiger partial charge in [0.1, 0.15) is 0 Å². The fraction of sp³-hybridized carbons (Fsp3) is 0.643. The molecule has 2 atom stereocenters. The average molecular weight is 266 g/mol. The molecule has 1 saturated carbocycles. The lowest BCUT2D eigenvalue weighted by Gasteiger charge is -2.33. The number of aliphatic hydroxyl groups excluding tert-OH is 1. The van der Waals surface area contributed by atoms with E-state index in [4.69, 9.17) is 0 Å². The van der Waals surface area contributed by atoms with E-state index in [0.29, 0.717) is 5.92 Å². The second-order valence-corrected chi connectivity index (χ2v) is 6.07. The molecular formula is C14H22N2OS. The van der Waals surface area contributed by atoms with Crippen molar-refractivity contribution in [3.8, 4) is 0 Å². The first-order valence-electron chi connectivity index (χ1n) is 6.64. The fourth-order valence-corrected chi connectivity index (χ4v) is 3.84. The number of nitrogens with one attached hydrogen (secondary N) is 1. The van der Waals surface area contributed by atoms with Crippen molar-refractivity contribution in [1.29, 1.82) is 0 Å². The summed E-state index contributed by atoms with van der Waals surface area (Å²) in [6, 6.07) is 6.02. The highest BCUT2D eigenvalue weighted by Crippen LogP contribution is 2.38. The van der Waals surface area contributed by atoms with Crippen LogP contribution in [0, 0.1) is 5.92 Å². The first kappa shape index (κ1) is 13.8. The zero-order chi connectivity index (χ0) is 12.8. The molecule has 0 spiro atoms. The number of hydrogen-bond acceptors (Lipinski definition) is 4. The first-order valence-corrected chi connectivity index (χ1v) is 7.63. The largest absolute Gasteiger partial charge is 0.394 e. The summed E-state index contributed by atoms with van der Waals surface area (Å²) in [4.78, 5) is 4.32. The van der Waals surface area contributed by atoms with Gasteiger partial charge < -0.3 is 10.4 Å². The third-order valence-electron chi connectivity index (χ3n) is 4.09. The van der Waals surface area contributed by atoms with E-state index >= 15 is 0 Å². The lowest BCUT2D eigenvalue weighted by atomic mass is 9.86. The molecule has 0 aliphatic heterocycles. The zero-order valence-corrected chi connectivity index (χ0v) is 11.7. The van der Waals surface area contributed by atoms with Crippen LogP contribution < -0.4 is 5.32 Å². The summed E-state index contributed by atoms with van der Waals surface area (Å²) in [6.45, 7) is 0.252. The molecule has 1 fully saturated rings. The fourth-order valence-electron chi connectivity index (χ4n) is 2.92. The Morgan fingerprint density at radius 3 is 3.11 bits per heavy atom. The van der Waals surface area contributed by atoms with Crippen LogP contribution in [0.2, 0.25) is 0 Å². The molecule has 1 aliphatic rings. The van der Waals surface area contributed by atoms with E-state index in [0.717, 1.165) is 23.6 Å². The number of hydrogen-bond donors (Lipinski definition) is 2. The van der Waals surface area contributed by atoms with Gasteiger partial charge in [-0.15, -0.1) is 11.8 Å². The summed E-state index contributed by atoms with van der Waals surface area (Å²) >= 11 is 1.81. The third-order valence-corrected chi connectivity index (χ3v) is 5.07. The van der Waals surface area contributed by atoms with Crippen LogP contribution in [-0.2, 0) is 0 Å². The van der Waals surface area contributed by atoms with Crippen LogP contribution in [0.4, 0.5) is 0 Å². The highest BCUT2D eigenvalue weighted by molar-refractivity contribution is 7.99. The number of likely N-dealkylation sites (N-methyl/N-ethyl adjacent to an activating group) is 1. The SMILES string of the molecule is CNC1(CO)CCCC1CCSc1ccccn1. The van der Waals surface area contributed by atoms with Gasteiger partial charge in [-0.2, -0.15) is 0 Å². The van der Waals surface area contributed by atoms with Gasteiger partial charge in [0, 0.05) is 11.7 Å². The van der Waals surface area contributed by atoms with Crippen LogP contribution in [0.1, 0.15) is 25.7 Å². The topological polar surface area (TPSA) is 45.1 Å². The minimum Gasteiger partial charge on any atom is -0.394 e. The molecule has 0 aromatic carbocycles. The van der Waals surface area contributed by atoms with E-state index in [1.807, 2.05) is 37.1 Å². The molecular weight excluding hydrogens is 244 g/mol. The summed E-state index contributed by atoms with van der Waals surface area (Å²) < 4.78 is 0. The summed E-state index contributed by atoms with van der Waals surface area (Å²) in [5, 5.41) is 14.1. The lowest BCUT2D eigenvalue weighted by Crippen LogP contribution is -2.49. The van der Waals surface area contributed by atoms with Crippen LogP contribution in [0.3, 0.4) is 0 Å². The smallest absolute Gasteiger partial charge is 0.0959 e. The van der Waals surface area contributed by atoms with Crippen LogP contribution in [0.25, 0.3) is 0 Å². The second-order valence-electron chi connectivity index (χ2n) is 4.96. The van der Waals surface area contributed by atoms with Crippen LogP contribution in [0.15, 0.2) is 29.4 Å². The third kappa shape index (κ3) is 3.05. The van der Waals surface area contributed by atoms with Crippen molar-refractivity contribution in [2.45, 2.75) is 36.2 Å². The van der Waals surface area contributed by atoms with Crippen molar-refractivity contribution in [1.82, 2.24) is 10.3 Å². The second kappa shape index (κ2) is 6.55. The molecule has 18 heavy (non-hydrogen) atoms. The maximum Gasteiger partial charge on any atom is 0.0959 e. The number of aromatic nitrogens is 1. The molecule has 1 aromatic rings. The molecule has 3 nitrogen and oxygen atoms in total. The van der Waals surface area contributed by atoms with Crippen molar-refractivity contribution in [3.63, 3.8) is 0 Å². The molecule has 0 radical (unpaired) electrons. The van der Waals surface area contributed by atoms with Gasteiger partial charge in [-0.25, -0.2) is 4.98 Å². The predicted molar refractivity (Wildman–Crippen MR) is 75.8 cm³/mol. The van der Waals surface area contributed by atoms with Crippen LogP contribution >= 0.6 is 11.8 Å². The average Bonchev–Trinajstić information content (AvgIpc) is 2.84. The normalized spacial score (nSPS) is 27.6. The molecule has 0 saturated heterocycles. The maximum atomic E-state index is 9.62. The van der Waals surface area contributed by atoms with Gasteiger partial charge >= 0.3 is 0 Å². The first-order chi connectivity index (χ1) is 8.80. The van der Waals surface area contributed by atoms with Crippen molar-refractivity contribution in [2.24, 2.45) is 5.92 Å². The molecule has 2 N–H and O–H groups in total. The van der Waals surface area contributed by atoms with E-state index < -0.39 is 0 Å². The Balaban J connectivity index is 1.83. The van der Waals surface area contributed by atoms with Gasteiger partial charge in [0.2, 0.25) is 0 Å². The standard InChI is InChI=1S/C14H22N2OS/c1-15-14(11-17)8-4-5-12(14)7-10-18-13-6-2-3-9-16-13/h2-3,6,9,12,15,17H,4-5,7-8,10-11H2,1H3. The predicted octanol–water partition coefficient (Wildman–Crippen LogP) is 2.31. The molecule has 0 bridgehead atoms. The quantitative estimate of drug-likeness (QED) is 0.776. The number of rotatable bonds is 6. The van der Waals surface area contributed by atoms with Crippen LogP contribution in [-0.4, -0.2) is 35.0 Å². The summed E-state index contributed by atoms with van der Waals surface area (Å²) in [7, 11) is 1.97. The van der Waals surface area contributed by atoms with Crippen molar-refractivity contribution in [3.05, 3.63) is 24.4 Å². The van der Waals surface area contributed by atoms with E-state index in [1.54, 1.807) is 0 Å². The van der Waals surface area contributed by atoms with E-state index in [1.165, 1.54) is 12.8 Å². The molecule has 4 heteroatoms. The molecule has 1 aliphatic carbocycles. The highest BCUT2D eigenvalue weighted by atomic mass is 32.2. The Bertz CT molecular complexity index is 354. The molecule has 100 valence electrons. The molecule has 2 rings (SSSR count). The van der Waals surface area contributed by atoms with Crippen molar-refractivity contribution >= 4 is 11.8 Å². The van der Waals surface area contributed by atoms with Crippen molar-refractivity contribution in [2.75, 3.05) is 19.4 Å². The van der Waals surface area contributed by atoms with Gasteiger partial charge in [0.15, 0.2) is 0 Å². The number of thioether (sulfide) groups is 1. The Morgan fingerprint density at radius 1 is 1.56 bits per heavy atom. The van der Waals surface area contributed by atoms with Crippen molar-refractivity contribution < 1.29 is 5.11 Å².